The molecular weight excluding hydrogens is 504 g/mol. The average molecular weight is 539 g/mol. The monoisotopic (exact) mass is 538 g/mol. The van der Waals surface area contributed by atoms with Crippen molar-refractivity contribution < 1.29 is 28.9 Å². The smallest absolute Gasteiger partial charge is 0.411 e. The summed E-state index contributed by atoms with van der Waals surface area (Å²) in [5.74, 6) is -0.710. The first-order valence-corrected chi connectivity index (χ1v) is 12.8. The van der Waals surface area contributed by atoms with E-state index >= 15 is 0 Å². The molecule has 0 unspecified atom stereocenters. The second-order valence-electron chi connectivity index (χ2n) is 11.1. The van der Waals surface area contributed by atoms with Gasteiger partial charge in [-0.3, -0.25) is 4.90 Å². The quantitative estimate of drug-likeness (QED) is 0.273. The zero-order valence-electron chi connectivity index (χ0n) is 22.6. The Kier molecular flexibility index (Phi) is 6.95. The number of oxime groups is 1. The molecule has 2 fully saturated rings. The summed E-state index contributed by atoms with van der Waals surface area (Å²) in [5.41, 5.74) is 7.92. The van der Waals surface area contributed by atoms with E-state index in [-0.39, 0.29) is 12.4 Å². The third-order valence-corrected chi connectivity index (χ3v) is 6.66. The van der Waals surface area contributed by atoms with Crippen LogP contribution >= 0.6 is 0 Å². The standard InChI is InChI=1S/C27H34N6O6/c1-26(2,3)39-25(34)32-19(14-36-13-16-9-7-6-8-10-16)22-23(38-27(4,5)37-22)21(32)18-11-17(12-31-35)20-24(28)29-15-30-33(18)20/h6-12,15,19,21-23,35H,13-14H2,1-5H3,(H2,28,29,30)/b31-12+/t19-,21+,22-,23+/m1/s1. The molecule has 1 aromatic carbocycles. The van der Waals surface area contributed by atoms with Crippen LogP contribution < -0.4 is 5.73 Å². The van der Waals surface area contributed by atoms with Gasteiger partial charge in [-0.2, -0.15) is 5.10 Å². The lowest BCUT2D eigenvalue weighted by Gasteiger charge is -2.35. The number of rotatable bonds is 6. The van der Waals surface area contributed by atoms with Gasteiger partial charge < -0.3 is 29.9 Å². The van der Waals surface area contributed by atoms with Gasteiger partial charge in [-0.15, -0.1) is 0 Å². The van der Waals surface area contributed by atoms with Crippen molar-refractivity contribution in [3.63, 3.8) is 0 Å². The number of hydrogen-bond acceptors (Lipinski definition) is 10. The lowest BCUT2D eigenvalue weighted by Crippen LogP contribution is -2.47. The zero-order chi connectivity index (χ0) is 27.9. The third-order valence-electron chi connectivity index (χ3n) is 6.66. The number of carbonyl (C=O) groups is 1. The third kappa shape index (κ3) is 5.27. The molecule has 12 nitrogen and oxygen atoms in total. The molecule has 2 aromatic heterocycles. The molecule has 4 heterocycles. The molecule has 12 heteroatoms. The highest BCUT2D eigenvalue weighted by atomic mass is 16.8. The van der Waals surface area contributed by atoms with Gasteiger partial charge in [0.25, 0.3) is 0 Å². The second-order valence-corrected chi connectivity index (χ2v) is 11.1. The Balaban J connectivity index is 1.59. The van der Waals surface area contributed by atoms with Crippen LogP contribution in [0.3, 0.4) is 0 Å². The minimum Gasteiger partial charge on any atom is -0.444 e. The lowest BCUT2D eigenvalue weighted by atomic mass is 10.1. The van der Waals surface area contributed by atoms with Crippen LogP contribution in [0.4, 0.5) is 10.6 Å². The van der Waals surface area contributed by atoms with Crippen LogP contribution in [-0.2, 0) is 25.6 Å². The maximum atomic E-state index is 13.8. The highest BCUT2D eigenvalue weighted by Crippen LogP contribution is 2.48. The molecule has 0 aliphatic carbocycles. The maximum absolute atomic E-state index is 13.8. The highest BCUT2D eigenvalue weighted by molar-refractivity contribution is 5.94. The Morgan fingerprint density at radius 2 is 1.95 bits per heavy atom. The predicted molar refractivity (Wildman–Crippen MR) is 141 cm³/mol. The van der Waals surface area contributed by atoms with Crippen molar-refractivity contribution in [2.75, 3.05) is 12.3 Å². The number of nitrogen functional groups attached to an aromatic ring is 1. The summed E-state index contributed by atoms with van der Waals surface area (Å²) in [6, 6.07) is 10.3. The van der Waals surface area contributed by atoms with Gasteiger partial charge in [-0.25, -0.2) is 14.3 Å². The molecule has 4 atom stereocenters. The molecule has 0 spiro atoms. The van der Waals surface area contributed by atoms with Crippen molar-refractivity contribution in [3.05, 3.63) is 59.5 Å². The van der Waals surface area contributed by atoms with Gasteiger partial charge >= 0.3 is 6.09 Å². The van der Waals surface area contributed by atoms with E-state index in [0.29, 0.717) is 23.4 Å². The normalized spacial score (nSPS) is 24.5. The molecule has 0 bridgehead atoms. The Hall–Kier alpha value is -3.74. The number of nitrogens with two attached hydrogens (primary N) is 1. The van der Waals surface area contributed by atoms with E-state index in [2.05, 4.69) is 15.2 Å². The molecule has 3 N–H and O–H groups in total. The largest absolute Gasteiger partial charge is 0.444 e. The van der Waals surface area contributed by atoms with E-state index in [1.54, 1.807) is 15.5 Å². The summed E-state index contributed by atoms with van der Waals surface area (Å²) in [6.45, 7) is 9.64. The first kappa shape index (κ1) is 26.9. The van der Waals surface area contributed by atoms with Crippen molar-refractivity contribution in [3.8, 4) is 0 Å². The molecule has 2 aliphatic rings. The Morgan fingerprint density at radius 3 is 2.64 bits per heavy atom. The van der Waals surface area contributed by atoms with Crippen molar-refractivity contribution in [2.45, 2.75) is 76.9 Å². The maximum Gasteiger partial charge on any atom is 0.411 e. The van der Waals surface area contributed by atoms with Crippen LogP contribution in [0.2, 0.25) is 0 Å². The van der Waals surface area contributed by atoms with Gasteiger partial charge in [-0.1, -0.05) is 35.5 Å². The number of fused-ring (bicyclic) bond motifs is 2. The van der Waals surface area contributed by atoms with Gasteiger partial charge in [0.2, 0.25) is 0 Å². The number of anilines is 1. The number of nitrogens with zero attached hydrogens (tertiary/aromatic N) is 5. The van der Waals surface area contributed by atoms with Crippen LogP contribution in [-0.4, -0.2) is 73.3 Å². The SMILES string of the molecule is CC(C)(C)OC(=O)N1[C@H](COCc2ccccc2)[C@H]2OC(C)(C)O[C@H]2[C@@H]1c1cc(/C=N/O)c2c(N)ncnn12. The number of carbonyl (C=O) groups excluding carboxylic acids is 1. The summed E-state index contributed by atoms with van der Waals surface area (Å²) in [4.78, 5) is 19.5. The van der Waals surface area contributed by atoms with Crippen molar-refractivity contribution >= 4 is 23.6 Å². The molecule has 5 rings (SSSR count). The Morgan fingerprint density at radius 1 is 1.23 bits per heavy atom. The van der Waals surface area contributed by atoms with Crippen LogP contribution in [0.15, 0.2) is 47.9 Å². The highest BCUT2D eigenvalue weighted by Gasteiger charge is 2.61. The number of aromatic nitrogens is 3. The van der Waals surface area contributed by atoms with E-state index in [1.165, 1.54) is 12.5 Å². The minimum absolute atomic E-state index is 0.177. The van der Waals surface area contributed by atoms with Gasteiger partial charge in [0.1, 0.15) is 35.7 Å². The number of hydrogen-bond donors (Lipinski definition) is 2. The molecule has 3 aromatic rings. The Bertz CT molecular complexity index is 1370. The molecule has 0 saturated carbocycles. The molecule has 2 aliphatic heterocycles. The molecule has 1 amide bonds. The van der Waals surface area contributed by atoms with Crippen molar-refractivity contribution in [1.29, 1.82) is 0 Å². The van der Waals surface area contributed by atoms with Gasteiger partial charge in [0.05, 0.1) is 31.2 Å². The van der Waals surface area contributed by atoms with E-state index in [0.717, 1.165) is 5.56 Å². The minimum atomic E-state index is -0.901. The van der Waals surface area contributed by atoms with Gasteiger partial charge in [-0.05, 0) is 46.2 Å². The number of ether oxygens (including phenoxy) is 4. The summed E-state index contributed by atoms with van der Waals surface area (Å²) in [7, 11) is 0. The lowest BCUT2D eigenvalue weighted by molar-refractivity contribution is -0.170. The summed E-state index contributed by atoms with van der Waals surface area (Å²) in [5, 5.41) is 16.9. The van der Waals surface area contributed by atoms with E-state index in [4.69, 9.17) is 24.7 Å². The molecular formula is C27H34N6O6. The molecule has 39 heavy (non-hydrogen) atoms. The summed E-state index contributed by atoms with van der Waals surface area (Å²) < 4.78 is 26.3. The number of benzene rings is 1. The molecule has 2 saturated heterocycles. The first-order chi connectivity index (χ1) is 18.5. The van der Waals surface area contributed by atoms with Crippen molar-refractivity contribution in [2.24, 2.45) is 5.16 Å². The van der Waals surface area contributed by atoms with Gasteiger partial charge in [0.15, 0.2) is 11.6 Å². The topological polar surface area (TPSA) is 146 Å². The van der Waals surface area contributed by atoms with Crippen LogP contribution in [0, 0.1) is 0 Å². The predicted octanol–water partition coefficient (Wildman–Crippen LogP) is 3.52. The van der Waals surface area contributed by atoms with Gasteiger partial charge in [0, 0.05) is 5.56 Å². The van der Waals surface area contributed by atoms with E-state index in [1.807, 2.05) is 65.0 Å². The average Bonchev–Trinajstić information content (AvgIpc) is 3.46. The van der Waals surface area contributed by atoms with Crippen molar-refractivity contribution in [1.82, 2.24) is 19.5 Å². The van der Waals surface area contributed by atoms with Crippen LogP contribution in [0.25, 0.3) is 5.52 Å². The van der Waals surface area contributed by atoms with E-state index < -0.39 is 41.8 Å². The summed E-state index contributed by atoms with van der Waals surface area (Å²) >= 11 is 0. The van der Waals surface area contributed by atoms with Crippen LogP contribution in [0.5, 0.6) is 0 Å². The number of likely N-dealkylation sites (tertiary alicyclic amines) is 1. The zero-order valence-corrected chi connectivity index (χ0v) is 22.6. The fraction of sp³-hybridized carbons (Fsp3) is 0.481. The first-order valence-electron chi connectivity index (χ1n) is 12.8. The van der Waals surface area contributed by atoms with Crippen LogP contribution in [0.1, 0.15) is 57.5 Å². The summed E-state index contributed by atoms with van der Waals surface area (Å²) in [6.07, 6.45) is 0.930. The fourth-order valence-electron chi connectivity index (χ4n) is 5.30. The fourth-order valence-corrected chi connectivity index (χ4v) is 5.30. The Labute approximate surface area is 226 Å². The molecule has 208 valence electrons. The molecule has 0 radical (unpaired) electrons. The van der Waals surface area contributed by atoms with E-state index in [9.17, 15) is 10.0 Å². The number of amides is 1. The second kappa shape index (κ2) is 10.1.